The number of nitrogens with one attached hydrogen (secondary N) is 2. The van der Waals surface area contributed by atoms with Gasteiger partial charge in [0.15, 0.2) is 0 Å². The highest BCUT2D eigenvalue weighted by molar-refractivity contribution is 5.81. The van der Waals surface area contributed by atoms with Crippen LogP contribution in [0.4, 0.5) is 17.1 Å². The molecule has 6 N–H and O–H groups in total. The fraction of sp³-hybridized carbons (Fsp3) is 0.417. The highest BCUT2D eigenvalue weighted by Gasteiger charge is 2.02. The highest BCUT2D eigenvalue weighted by atomic mass is 16.1. The minimum absolute atomic E-state index is 0.0332. The topological polar surface area (TPSA) is 93.2 Å². The lowest BCUT2D eigenvalue weighted by Gasteiger charge is -2.10. The SMILES string of the molecule is CC(C)CNC(=O)CNc1ccc(N)c(N)c1. The molecule has 1 amide bonds. The molecule has 0 aromatic heterocycles. The number of nitrogen functional groups attached to an aromatic ring is 2. The van der Waals surface area contributed by atoms with Gasteiger partial charge in [-0.15, -0.1) is 0 Å². The van der Waals surface area contributed by atoms with Gasteiger partial charge in [-0.05, 0) is 24.1 Å². The van der Waals surface area contributed by atoms with Crippen LogP contribution in [0, 0.1) is 5.92 Å². The normalized spacial score (nSPS) is 10.3. The van der Waals surface area contributed by atoms with Crippen molar-refractivity contribution in [3.05, 3.63) is 18.2 Å². The van der Waals surface area contributed by atoms with Crippen molar-refractivity contribution in [3.63, 3.8) is 0 Å². The van der Waals surface area contributed by atoms with Gasteiger partial charge in [0.2, 0.25) is 5.91 Å². The Balaban J connectivity index is 2.39. The number of anilines is 3. The molecule has 17 heavy (non-hydrogen) atoms. The fourth-order valence-corrected chi connectivity index (χ4v) is 1.25. The summed E-state index contributed by atoms with van der Waals surface area (Å²) in [6.07, 6.45) is 0. The number of nitrogens with two attached hydrogens (primary N) is 2. The third-order valence-electron chi connectivity index (χ3n) is 2.25. The molecule has 0 aliphatic carbocycles. The Morgan fingerprint density at radius 1 is 1.29 bits per heavy atom. The van der Waals surface area contributed by atoms with Gasteiger partial charge in [-0.3, -0.25) is 4.79 Å². The van der Waals surface area contributed by atoms with E-state index < -0.39 is 0 Å². The minimum Gasteiger partial charge on any atom is -0.397 e. The van der Waals surface area contributed by atoms with Gasteiger partial charge in [0.1, 0.15) is 0 Å². The third kappa shape index (κ3) is 4.63. The van der Waals surface area contributed by atoms with Crippen molar-refractivity contribution in [2.45, 2.75) is 13.8 Å². The number of carbonyl (C=O) groups excluding carboxylic acids is 1. The molecule has 0 radical (unpaired) electrons. The first-order valence-electron chi connectivity index (χ1n) is 5.64. The van der Waals surface area contributed by atoms with Crippen LogP contribution in [-0.2, 0) is 4.79 Å². The molecule has 94 valence electrons. The van der Waals surface area contributed by atoms with Crippen molar-refractivity contribution in [3.8, 4) is 0 Å². The van der Waals surface area contributed by atoms with E-state index in [9.17, 15) is 4.79 Å². The molecule has 0 aliphatic rings. The van der Waals surface area contributed by atoms with Crippen LogP contribution >= 0.6 is 0 Å². The number of rotatable bonds is 5. The Morgan fingerprint density at radius 2 is 2.00 bits per heavy atom. The molecule has 0 saturated heterocycles. The molecule has 0 saturated carbocycles. The lowest BCUT2D eigenvalue weighted by Crippen LogP contribution is -2.32. The van der Waals surface area contributed by atoms with Crippen molar-refractivity contribution in [1.29, 1.82) is 0 Å². The van der Waals surface area contributed by atoms with Gasteiger partial charge in [-0.25, -0.2) is 0 Å². The average molecular weight is 236 g/mol. The highest BCUT2D eigenvalue weighted by Crippen LogP contribution is 2.19. The van der Waals surface area contributed by atoms with Crippen LogP contribution < -0.4 is 22.1 Å². The first kappa shape index (κ1) is 13.2. The second-order valence-electron chi connectivity index (χ2n) is 4.40. The molecular weight excluding hydrogens is 216 g/mol. The van der Waals surface area contributed by atoms with E-state index in [1.807, 2.05) is 13.8 Å². The van der Waals surface area contributed by atoms with Crippen LogP contribution in [0.3, 0.4) is 0 Å². The zero-order valence-electron chi connectivity index (χ0n) is 10.3. The lowest BCUT2D eigenvalue weighted by molar-refractivity contribution is -0.119. The maximum Gasteiger partial charge on any atom is 0.239 e. The molecular formula is C12H20N4O. The van der Waals surface area contributed by atoms with E-state index in [4.69, 9.17) is 11.5 Å². The molecule has 5 nitrogen and oxygen atoms in total. The van der Waals surface area contributed by atoms with Crippen molar-refractivity contribution in [2.24, 2.45) is 5.92 Å². The number of carbonyl (C=O) groups is 1. The Morgan fingerprint density at radius 3 is 2.59 bits per heavy atom. The van der Waals surface area contributed by atoms with Crippen LogP contribution in [0.1, 0.15) is 13.8 Å². The van der Waals surface area contributed by atoms with Gasteiger partial charge in [-0.2, -0.15) is 0 Å². The molecule has 1 rings (SSSR count). The Bertz CT molecular complexity index is 390. The van der Waals surface area contributed by atoms with E-state index in [0.29, 0.717) is 23.8 Å². The molecule has 0 spiro atoms. The van der Waals surface area contributed by atoms with Crippen LogP contribution in [0.15, 0.2) is 18.2 Å². The zero-order valence-corrected chi connectivity index (χ0v) is 10.3. The Kier molecular flexibility index (Phi) is 4.63. The molecule has 0 aliphatic heterocycles. The number of hydrogen-bond donors (Lipinski definition) is 4. The maximum atomic E-state index is 11.4. The van der Waals surface area contributed by atoms with Crippen molar-refractivity contribution in [2.75, 3.05) is 29.9 Å². The van der Waals surface area contributed by atoms with E-state index in [1.54, 1.807) is 18.2 Å². The monoisotopic (exact) mass is 236 g/mol. The van der Waals surface area contributed by atoms with Gasteiger partial charge in [-0.1, -0.05) is 13.8 Å². The summed E-state index contributed by atoms with van der Waals surface area (Å²) in [6, 6.07) is 5.22. The second kappa shape index (κ2) is 5.98. The van der Waals surface area contributed by atoms with E-state index in [2.05, 4.69) is 10.6 Å². The quantitative estimate of drug-likeness (QED) is 0.575. The van der Waals surface area contributed by atoms with E-state index in [1.165, 1.54) is 0 Å². The molecule has 0 bridgehead atoms. The van der Waals surface area contributed by atoms with E-state index >= 15 is 0 Å². The molecule has 0 atom stereocenters. The average Bonchev–Trinajstić information content (AvgIpc) is 2.28. The Hall–Kier alpha value is -1.91. The zero-order chi connectivity index (χ0) is 12.8. The van der Waals surface area contributed by atoms with Gasteiger partial charge in [0.25, 0.3) is 0 Å². The second-order valence-corrected chi connectivity index (χ2v) is 4.40. The van der Waals surface area contributed by atoms with E-state index in [-0.39, 0.29) is 12.5 Å². The van der Waals surface area contributed by atoms with Crippen LogP contribution in [0.25, 0.3) is 0 Å². The summed E-state index contributed by atoms with van der Waals surface area (Å²) in [5, 5.41) is 5.81. The number of amides is 1. The predicted octanol–water partition coefficient (Wildman–Crippen LogP) is 1.04. The van der Waals surface area contributed by atoms with Gasteiger partial charge >= 0.3 is 0 Å². The van der Waals surface area contributed by atoms with Crippen LogP contribution in [0.5, 0.6) is 0 Å². The Labute approximate surface area is 102 Å². The smallest absolute Gasteiger partial charge is 0.239 e. The molecule has 1 aromatic rings. The first-order valence-corrected chi connectivity index (χ1v) is 5.64. The summed E-state index contributed by atoms with van der Waals surface area (Å²) in [5.74, 6) is 0.417. The van der Waals surface area contributed by atoms with E-state index in [0.717, 1.165) is 5.69 Å². The summed E-state index contributed by atoms with van der Waals surface area (Å²) >= 11 is 0. The molecule has 0 heterocycles. The molecule has 0 fully saturated rings. The standard InChI is InChI=1S/C12H20N4O/c1-8(2)6-16-12(17)7-15-9-3-4-10(13)11(14)5-9/h3-5,8,15H,6-7,13-14H2,1-2H3,(H,16,17). The summed E-state index contributed by atoms with van der Waals surface area (Å²) in [5.41, 5.74) is 13.1. The summed E-state index contributed by atoms with van der Waals surface area (Å²) in [7, 11) is 0. The van der Waals surface area contributed by atoms with Gasteiger partial charge < -0.3 is 22.1 Å². The van der Waals surface area contributed by atoms with Crippen molar-refractivity contribution < 1.29 is 4.79 Å². The molecule has 0 unspecified atom stereocenters. The predicted molar refractivity (Wildman–Crippen MR) is 71.6 cm³/mol. The van der Waals surface area contributed by atoms with Crippen LogP contribution in [0.2, 0.25) is 0 Å². The molecule has 5 heteroatoms. The van der Waals surface area contributed by atoms with Gasteiger partial charge in [0, 0.05) is 12.2 Å². The summed E-state index contributed by atoms with van der Waals surface area (Å²) < 4.78 is 0. The summed E-state index contributed by atoms with van der Waals surface area (Å²) in [4.78, 5) is 11.4. The lowest BCUT2D eigenvalue weighted by atomic mass is 10.2. The minimum atomic E-state index is -0.0332. The molecule has 1 aromatic carbocycles. The van der Waals surface area contributed by atoms with Crippen molar-refractivity contribution >= 4 is 23.0 Å². The number of hydrogen-bond acceptors (Lipinski definition) is 4. The first-order chi connectivity index (χ1) is 7.99. The maximum absolute atomic E-state index is 11.4. The largest absolute Gasteiger partial charge is 0.397 e. The van der Waals surface area contributed by atoms with Gasteiger partial charge in [0.05, 0.1) is 17.9 Å². The van der Waals surface area contributed by atoms with Crippen LogP contribution in [-0.4, -0.2) is 19.0 Å². The fourth-order valence-electron chi connectivity index (χ4n) is 1.25. The summed E-state index contributed by atoms with van der Waals surface area (Å²) in [6.45, 7) is 5.02. The van der Waals surface area contributed by atoms with Crippen molar-refractivity contribution in [1.82, 2.24) is 5.32 Å². The number of benzene rings is 1. The third-order valence-corrected chi connectivity index (χ3v) is 2.25.